The van der Waals surface area contributed by atoms with Gasteiger partial charge in [0, 0.05) is 6.42 Å². The molecule has 2 aliphatic carbocycles. The number of ether oxygens (including phenoxy) is 4. The van der Waals surface area contributed by atoms with Crippen molar-refractivity contribution >= 4 is 17.7 Å². The molecule has 2 saturated carbocycles. The van der Waals surface area contributed by atoms with Crippen LogP contribution in [0.25, 0.3) is 0 Å². The van der Waals surface area contributed by atoms with Crippen LogP contribution in [0.5, 0.6) is 23.0 Å². The Balaban J connectivity index is 1.57. The summed E-state index contributed by atoms with van der Waals surface area (Å²) in [5.74, 6) is -1.02. The standard InChI is InChI=1S/C30H33FO7/c1-15(2)10-21(32)19-8-9-22-24(27(19)35-5)28(33)36-14-20-25(31)16(3)11-23(26(20)37-22)38-29(34)30(4)13-17-6-7-18(30)12-17/h8-9,11,15,17-18H,6-7,10,12-14H2,1-5H3. The summed E-state index contributed by atoms with van der Waals surface area (Å²) in [6, 6.07) is 4.41. The minimum absolute atomic E-state index is 0.0144. The molecule has 1 heterocycles. The highest BCUT2D eigenvalue weighted by Gasteiger charge is 2.53. The number of methoxy groups -OCH3 is 1. The molecule has 3 unspecified atom stereocenters. The average Bonchev–Trinajstić information content (AvgIpc) is 3.46. The van der Waals surface area contributed by atoms with Gasteiger partial charge in [-0.25, -0.2) is 9.18 Å². The predicted octanol–water partition coefficient (Wildman–Crippen LogP) is 6.57. The van der Waals surface area contributed by atoms with Crippen molar-refractivity contribution in [3.63, 3.8) is 0 Å². The Labute approximate surface area is 221 Å². The van der Waals surface area contributed by atoms with E-state index < -0.39 is 23.8 Å². The fourth-order valence-corrected chi connectivity index (χ4v) is 6.28. The second-order valence-electron chi connectivity index (χ2n) is 11.4. The van der Waals surface area contributed by atoms with Crippen LogP contribution in [0.3, 0.4) is 0 Å². The zero-order valence-corrected chi connectivity index (χ0v) is 22.4. The Morgan fingerprint density at radius 2 is 2.00 bits per heavy atom. The first-order valence-electron chi connectivity index (χ1n) is 13.2. The molecule has 2 bridgehead atoms. The Kier molecular flexibility index (Phi) is 6.70. The first-order chi connectivity index (χ1) is 18.0. The summed E-state index contributed by atoms with van der Waals surface area (Å²) in [5, 5.41) is 0. The molecule has 2 aromatic rings. The number of Topliss-reactive ketones (excluding diaryl/α,β-unsaturated/α-hetero) is 1. The Morgan fingerprint density at radius 3 is 2.63 bits per heavy atom. The van der Waals surface area contributed by atoms with Crippen LogP contribution in [0.15, 0.2) is 18.2 Å². The van der Waals surface area contributed by atoms with E-state index in [9.17, 15) is 14.4 Å². The fraction of sp³-hybridized carbons (Fsp3) is 0.500. The number of halogens is 1. The van der Waals surface area contributed by atoms with Gasteiger partial charge in [0.05, 0.1) is 23.7 Å². The van der Waals surface area contributed by atoms with Crippen molar-refractivity contribution in [2.24, 2.45) is 23.2 Å². The number of carbonyl (C=O) groups excluding carboxylic acids is 3. The van der Waals surface area contributed by atoms with E-state index in [2.05, 4.69) is 0 Å². The van der Waals surface area contributed by atoms with Gasteiger partial charge in [-0.05, 0) is 74.6 Å². The minimum Gasteiger partial charge on any atom is -0.495 e. The van der Waals surface area contributed by atoms with E-state index in [1.54, 1.807) is 6.92 Å². The quantitative estimate of drug-likeness (QED) is 0.240. The molecule has 202 valence electrons. The number of aryl methyl sites for hydroxylation is 1. The number of fused-ring (bicyclic) bond motifs is 4. The molecule has 8 heteroatoms. The first-order valence-corrected chi connectivity index (χ1v) is 13.2. The number of carbonyl (C=O) groups is 3. The molecule has 2 fully saturated rings. The molecule has 0 amide bonds. The van der Waals surface area contributed by atoms with E-state index >= 15 is 4.39 Å². The lowest BCUT2D eigenvalue weighted by atomic mass is 9.75. The molecular weight excluding hydrogens is 491 g/mol. The summed E-state index contributed by atoms with van der Waals surface area (Å²) in [6.07, 6.45) is 4.18. The lowest BCUT2D eigenvalue weighted by Gasteiger charge is -2.31. The smallest absolute Gasteiger partial charge is 0.346 e. The summed E-state index contributed by atoms with van der Waals surface area (Å²) in [7, 11) is 1.36. The van der Waals surface area contributed by atoms with Crippen LogP contribution in [0.2, 0.25) is 0 Å². The van der Waals surface area contributed by atoms with Crippen LogP contribution < -0.4 is 14.2 Å². The average molecular weight is 525 g/mol. The number of benzene rings is 2. The maximum atomic E-state index is 15.3. The van der Waals surface area contributed by atoms with E-state index in [-0.39, 0.29) is 75.3 Å². The van der Waals surface area contributed by atoms with Crippen molar-refractivity contribution in [3.05, 3.63) is 46.3 Å². The highest BCUT2D eigenvalue weighted by atomic mass is 19.1. The van der Waals surface area contributed by atoms with Gasteiger partial charge in [0.2, 0.25) is 0 Å². The lowest BCUT2D eigenvalue weighted by molar-refractivity contribution is -0.148. The molecule has 0 spiro atoms. The zero-order chi connectivity index (χ0) is 27.4. The molecule has 7 nitrogen and oxygen atoms in total. The van der Waals surface area contributed by atoms with Gasteiger partial charge in [-0.1, -0.05) is 20.3 Å². The molecule has 0 aromatic heterocycles. The molecule has 38 heavy (non-hydrogen) atoms. The van der Waals surface area contributed by atoms with E-state index in [1.807, 2.05) is 20.8 Å². The third-order valence-corrected chi connectivity index (χ3v) is 8.26. The van der Waals surface area contributed by atoms with Gasteiger partial charge in [-0.3, -0.25) is 9.59 Å². The second-order valence-corrected chi connectivity index (χ2v) is 11.4. The second kappa shape index (κ2) is 9.71. The highest BCUT2D eigenvalue weighted by Crippen LogP contribution is 2.56. The van der Waals surface area contributed by atoms with Crippen LogP contribution in [0, 0.1) is 35.9 Å². The van der Waals surface area contributed by atoms with Crippen LogP contribution in [0.1, 0.15) is 84.7 Å². The lowest BCUT2D eigenvalue weighted by Crippen LogP contribution is -2.37. The zero-order valence-electron chi connectivity index (χ0n) is 22.4. The summed E-state index contributed by atoms with van der Waals surface area (Å²) in [4.78, 5) is 39.4. The summed E-state index contributed by atoms with van der Waals surface area (Å²) in [6.45, 7) is 6.89. The molecule has 3 aliphatic rings. The van der Waals surface area contributed by atoms with Gasteiger partial charge in [-0.15, -0.1) is 0 Å². The minimum atomic E-state index is -0.810. The van der Waals surface area contributed by atoms with Crippen molar-refractivity contribution in [1.82, 2.24) is 0 Å². The number of cyclic esters (lactones) is 1. The molecule has 0 radical (unpaired) electrons. The summed E-state index contributed by atoms with van der Waals surface area (Å²) in [5.41, 5.74) is -0.252. The van der Waals surface area contributed by atoms with Crippen LogP contribution >= 0.6 is 0 Å². The molecule has 3 atom stereocenters. The Morgan fingerprint density at radius 1 is 1.24 bits per heavy atom. The monoisotopic (exact) mass is 524 g/mol. The third kappa shape index (κ3) is 4.33. The molecular formula is C30H33FO7. The molecule has 0 N–H and O–H groups in total. The largest absolute Gasteiger partial charge is 0.495 e. The maximum Gasteiger partial charge on any atom is 0.346 e. The van der Waals surface area contributed by atoms with Gasteiger partial charge in [-0.2, -0.15) is 0 Å². The van der Waals surface area contributed by atoms with E-state index in [1.165, 1.54) is 25.3 Å². The number of rotatable bonds is 6. The Hall–Kier alpha value is -3.42. The van der Waals surface area contributed by atoms with Crippen LogP contribution in [-0.2, 0) is 16.1 Å². The molecule has 5 rings (SSSR count). The van der Waals surface area contributed by atoms with Gasteiger partial charge in [0.1, 0.15) is 29.5 Å². The van der Waals surface area contributed by atoms with Crippen molar-refractivity contribution in [2.75, 3.05) is 7.11 Å². The summed E-state index contributed by atoms with van der Waals surface area (Å²) < 4.78 is 38.3. The van der Waals surface area contributed by atoms with Crippen molar-refractivity contribution < 1.29 is 37.7 Å². The number of hydrogen-bond donors (Lipinski definition) is 0. The topological polar surface area (TPSA) is 88.1 Å². The highest BCUT2D eigenvalue weighted by molar-refractivity contribution is 6.05. The SMILES string of the molecule is COc1c(C(=O)CC(C)C)ccc2c1C(=O)OCc1c(F)c(C)cc(OC(=O)C3(C)CC4CCC3C4)c1O2. The maximum absolute atomic E-state index is 15.3. The molecule has 1 aliphatic heterocycles. The normalized spacial score (nSPS) is 23.6. The first kappa shape index (κ1) is 26.2. The number of hydrogen-bond acceptors (Lipinski definition) is 7. The number of ketones is 1. The predicted molar refractivity (Wildman–Crippen MR) is 136 cm³/mol. The van der Waals surface area contributed by atoms with E-state index in [0.717, 1.165) is 25.7 Å². The van der Waals surface area contributed by atoms with Gasteiger partial charge in [0.15, 0.2) is 17.3 Å². The number of esters is 2. The third-order valence-electron chi connectivity index (χ3n) is 8.26. The van der Waals surface area contributed by atoms with Crippen molar-refractivity contribution in [3.8, 4) is 23.0 Å². The fourth-order valence-electron chi connectivity index (χ4n) is 6.28. The van der Waals surface area contributed by atoms with E-state index in [4.69, 9.17) is 18.9 Å². The van der Waals surface area contributed by atoms with Gasteiger partial charge in [0.25, 0.3) is 0 Å². The summed E-state index contributed by atoms with van der Waals surface area (Å²) >= 11 is 0. The molecule has 0 saturated heterocycles. The van der Waals surface area contributed by atoms with Gasteiger partial charge < -0.3 is 18.9 Å². The van der Waals surface area contributed by atoms with Crippen LogP contribution in [-0.4, -0.2) is 24.8 Å². The van der Waals surface area contributed by atoms with E-state index in [0.29, 0.717) is 5.92 Å². The van der Waals surface area contributed by atoms with Crippen molar-refractivity contribution in [1.29, 1.82) is 0 Å². The van der Waals surface area contributed by atoms with Crippen LogP contribution in [0.4, 0.5) is 4.39 Å². The van der Waals surface area contributed by atoms with Gasteiger partial charge >= 0.3 is 11.9 Å². The van der Waals surface area contributed by atoms with Crippen molar-refractivity contribution in [2.45, 2.75) is 66.4 Å². The molecule has 2 aromatic carbocycles. The Bertz CT molecular complexity index is 1330.